The van der Waals surface area contributed by atoms with Gasteiger partial charge in [-0.1, -0.05) is 0 Å². The summed E-state index contributed by atoms with van der Waals surface area (Å²) >= 11 is 0. The van der Waals surface area contributed by atoms with Crippen molar-refractivity contribution < 1.29 is 4.42 Å². The molecule has 4 N–H and O–H groups in total. The Morgan fingerprint density at radius 3 is 2.88 bits per heavy atom. The second kappa shape index (κ2) is 4.52. The lowest BCUT2D eigenvalue weighted by Gasteiger charge is -2.06. The molecule has 0 unspecified atom stereocenters. The van der Waals surface area contributed by atoms with Crippen molar-refractivity contribution in [3.05, 3.63) is 30.2 Å². The van der Waals surface area contributed by atoms with Crippen LogP contribution in [0, 0.1) is 0 Å². The molecule has 2 aromatic rings. The highest BCUT2D eigenvalue weighted by atomic mass is 16.3. The van der Waals surface area contributed by atoms with Crippen LogP contribution < -0.4 is 16.4 Å². The van der Waals surface area contributed by atoms with Gasteiger partial charge in [-0.3, -0.25) is 0 Å². The van der Waals surface area contributed by atoms with Gasteiger partial charge in [-0.25, -0.2) is 0 Å². The van der Waals surface area contributed by atoms with E-state index >= 15 is 0 Å². The largest absolute Gasteiger partial charge is 0.472 e. The third-order valence-corrected chi connectivity index (χ3v) is 2.05. The van der Waals surface area contributed by atoms with Gasteiger partial charge < -0.3 is 20.8 Å². The average molecular weight is 219 g/mol. The molecule has 16 heavy (non-hydrogen) atoms. The SMILES string of the molecule is CNc1cc(NCc2ccoc2)nc(N)n1. The van der Waals surface area contributed by atoms with Crippen molar-refractivity contribution in [1.82, 2.24) is 9.97 Å². The van der Waals surface area contributed by atoms with Crippen molar-refractivity contribution in [2.75, 3.05) is 23.4 Å². The van der Waals surface area contributed by atoms with Crippen LogP contribution in [0.15, 0.2) is 29.1 Å². The quantitative estimate of drug-likeness (QED) is 0.718. The van der Waals surface area contributed by atoms with E-state index in [4.69, 9.17) is 10.2 Å². The average Bonchev–Trinajstić information content (AvgIpc) is 2.78. The zero-order chi connectivity index (χ0) is 11.4. The number of anilines is 3. The van der Waals surface area contributed by atoms with E-state index in [1.54, 1.807) is 25.6 Å². The van der Waals surface area contributed by atoms with Gasteiger partial charge in [0, 0.05) is 25.2 Å². The van der Waals surface area contributed by atoms with Crippen LogP contribution in [-0.2, 0) is 6.54 Å². The van der Waals surface area contributed by atoms with E-state index in [1.165, 1.54) is 0 Å². The van der Waals surface area contributed by atoms with Crippen molar-refractivity contribution in [1.29, 1.82) is 0 Å². The van der Waals surface area contributed by atoms with Crippen LogP contribution in [0.5, 0.6) is 0 Å². The molecule has 0 aliphatic heterocycles. The summed E-state index contributed by atoms with van der Waals surface area (Å²) in [6.45, 7) is 0.635. The first-order chi connectivity index (χ1) is 7.78. The van der Waals surface area contributed by atoms with Gasteiger partial charge in [-0.2, -0.15) is 9.97 Å². The first-order valence-corrected chi connectivity index (χ1v) is 4.85. The number of furan rings is 1. The normalized spacial score (nSPS) is 10.1. The van der Waals surface area contributed by atoms with Crippen LogP contribution in [-0.4, -0.2) is 17.0 Å². The molecule has 0 aliphatic carbocycles. The molecule has 2 heterocycles. The van der Waals surface area contributed by atoms with Crippen LogP contribution in [0.3, 0.4) is 0 Å². The van der Waals surface area contributed by atoms with Crippen molar-refractivity contribution in [3.8, 4) is 0 Å². The minimum absolute atomic E-state index is 0.238. The van der Waals surface area contributed by atoms with Crippen LogP contribution in [0.2, 0.25) is 0 Å². The summed E-state index contributed by atoms with van der Waals surface area (Å²) in [7, 11) is 1.78. The van der Waals surface area contributed by atoms with E-state index < -0.39 is 0 Å². The maximum Gasteiger partial charge on any atom is 0.223 e. The maximum absolute atomic E-state index is 5.56. The van der Waals surface area contributed by atoms with Crippen molar-refractivity contribution >= 4 is 17.6 Å². The molecule has 0 saturated heterocycles. The standard InChI is InChI=1S/C10H13N5O/c1-12-8-4-9(15-10(11)14-8)13-5-7-2-3-16-6-7/h2-4,6H,5H2,1H3,(H4,11,12,13,14,15). The minimum Gasteiger partial charge on any atom is -0.472 e. The second-order valence-corrected chi connectivity index (χ2v) is 3.23. The summed E-state index contributed by atoms with van der Waals surface area (Å²) < 4.78 is 4.96. The highest BCUT2D eigenvalue weighted by Gasteiger charge is 2.01. The van der Waals surface area contributed by atoms with Gasteiger partial charge in [-0.15, -0.1) is 0 Å². The van der Waals surface area contributed by atoms with Gasteiger partial charge in [0.1, 0.15) is 11.6 Å². The zero-order valence-corrected chi connectivity index (χ0v) is 8.90. The first kappa shape index (κ1) is 10.3. The molecule has 0 aliphatic rings. The molecule has 0 atom stereocenters. The predicted octanol–water partition coefficient (Wildman–Crippen LogP) is 1.31. The Balaban J connectivity index is 2.06. The zero-order valence-electron chi connectivity index (χ0n) is 8.90. The molecule has 84 valence electrons. The summed E-state index contributed by atoms with van der Waals surface area (Å²) in [6, 6.07) is 3.67. The Labute approximate surface area is 92.9 Å². The molecule has 2 rings (SSSR count). The number of hydrogen-bond acceptors (Lipinski definition) is 6. The Morgan fingerprint density at radius 2 is 2.19 bits per heavy atom. The van der Waals surface area contributed by atoms with Crippen molar-refractivity contribution in [3.63, 3.8) is 0 Å². The van der Waals surface area contributed by atoms with Gasteiger partial charge in [0.25, 0.3) is 0 Å². The second-order valence-electron chi connectivity index (χ2n) is 3.23. The van der Waals surface area contributed by atoms with E-state index in [-0.39, 0.29) is 5.95 Å². The molecule has 6 heteroatoms. The summed E-state index contributed by atoms with van der Waals surface area (Å²) in [6.07, 6.45) is 3.31. The lowest BCUT2D eigenvalue weighted by atomic mass is 10.3. The molecule has 6 nitrogen and oxygen atoms in total. The number of rotatable bonds is 4. The molecule has 0 aromatic carbocycles. The molecule has 0 saturated carbocycles. The number of nitrogens with two attached hydrogens (primary N) is 1. The number of hydrogen-bond donors (Lipinski definition) is 3. The maximum atomic E-state index is 5.56. The van der Waals surface area contributed by atoms with E-state index in [2.05, 4.69) is 20.6 Å². The third kappa shape index (κ3) is 2.41. The molecule has 0 fully saturated rings. The molecule has 0 bridgehead atoms. The fourth-order valence-corrected chi connectivity index (χ4v) is 1.27. The fraction of sp³-hybridized carbons (Fsp3) is 0.200. The Bertz CT molecular complexity index is 454. The van der Waals surface area contributed by atoms with Gasteiger partial charge in [-0.05, 0) is 6.07 Å². The minimum atomic E-state index is 0.238. The van der Waals surface area contributed by atoms with E-state index in [9.17, 15) is 0 Å². The number of nitrogens with zero attached hydrogens (tertiary/aromatic N) is 2. The van der Waals surface area contributed by atoms with E-state index in [0.717, 1.165) is 5.56 Å². The lowest BCUT2D eigenvalue weighted by molar-refractivity contribution is 0.564. The molecular weight excluding hydrogens is 206 g/mol. The topological polar surface area (TPSA) is 89.0 Å². The smallest absolute Gasteiger partial charge is 0.223 e. The van der Waals surface area contributed by atoms with Crippen LogP contribution in [0.1, 0.15) is 5.56 Å². The monoisotopic (exact) mass is 219 g/mol. The number of nitrogen functional groups attached to an aromatic ring is 1. The summed E-state index contributed by atoms with van der Waals surface area (Å²) in [5, 5.41) is 6.04. The molecule has 0 amide bonds. The number of nitrogens with one attached hydrogen (secondary N) is 2. The Hall–Kier alpha value is -2.24. The first-order valence-electron chi connectivity index (χ1n) is 4.85. The Kier molecular flexibility index (Phi) is 2.90. The van der Waals surface area contributed by atoms with Crippen molar-refractivity contribution in [2.45, 2.75) is 6.54 Å². The summed E-state index contributed by atoms with van der Waals surface area (Å²) in [4.78, 5) is 8.06. The Morgan fingerprint density at radius 1 is 1.38 bits per heavy atom. The lowest BCUT2D eigenvalue weighted by Crippen LogP contribution is -2.05. The molecule has 2 aromatic heterocycles. The van der Waals surface area contributed by atoms with Gasteiger partial charge in [0.15, 0.2) is 0 Å². The third-order valence-electron chi connectivity index (χ3n) is 2.05. The fourth-order valence-electron chi connectivity index (χ4n) is 1.27. The van der Waals surface area contributed by atoms with Gasteiger partial charge in [0.2, 0.25) is 5.95 Å². The van der Waals surface area contributed by atoms with Crippen LogP contribution in [0.25, 0.3) is 0 Å². The summed E-state index contributed by atoms with van der Waals surface area (Å²) in [5.74, 6) is 1.60. The van der Waals surface area contributed by atoms with Gasteiger partial charge in [0.05, 0.1) is 12.5 Å². The molecule has 0 radical (unpaired) electrons. The number of aromatic nitrogens is 2. The predicted molar refractivity (Wildman–Crippen MR) is 62.0 cm³/mol. The van der Waals surface area contributed by atoms with Crippen LogP contribution >= 0.6 is 0 Å². The van der Waals surface area contributed by atoms with E-state index in [0.29, 0.717) is 18.2 Å². The van der Waals surface area contributed by atoms with E-state index in [1.807, 2.05) is 6.07 Å². The molecular formula is C10H13N5O. The summed E-state index contributed by atoms with van der Waals surface area (Å²) in [5.41, 5.74) is 6.61. The van der Waals surface area contributed by atoms with Gasteiger partial charge >= 0.3 is 0 Å². The van der Waals surface area contributed by atoms with Crippen molar-refractivity contribution in [2.24, 2.45) is 0 Å². The highest BCUT2D eigenvalue weighted by molar-refractivity contribution is 5.50. The molecule has 0 spiro atoms. The highest BCUT2D eigenvalue weighted by Crippen LogP contribution is 2.13. The van der Waals surface area contributed by atoms with Crippen LogP contribution in [0.4, 0.5) is 17.6 Å².